The molecule has 3 aromatic rings. The van der Waals surface area contributed by atoms with Crippen LogP contribution in [0.1, 0.15) is 56.8 Å². The lowest BCUT2D eigenvalue weighted by Crippen LogP contribution is -2.38. The standard InChI is InChI=1S/C29H31N5O2/c1-2-5-19(6-3-1)16-34-13-4-7-21(17-34)29-33-32-28(36-29)20-9-11-26-25(15-20)27(31-30-26)24-10-8-22-18-35-14-12-23(22)24/h8-12,14-15,18-19,21H,1-7,13,16-17H2,(H,30,31)/t21-/m1/s1. The predicted octanol–water partition coefficient (Wildman–Crippen LogP) is 6.74. The Morgan fingerprint density at radius 3 is 2.78 bits per heavy atom. The summed E-state index contributed by atoms with van der Waals surface area (Å²) in [5.74, 6) is 2.53. The summed E-state index contributed by atoms with van der Waals surface area (Å²) in [6.07, 6.45) is 12.8. The van der Waals surface area contributed by atoms with Gasteiger partial charge in [0.2, 0.25) is 11.8 Å². The summed E-state index contributed by atoms with van der Waals surface area (Å²) in [7, 11) is 0. The highest BCUT2D eigenvalue weighted by Crippen LogP contribution is 2.39. The molecule has 1 atom stereocenters. The van der Waals surface area contributed by atoms with E-state index in [1.807, 2.05) is 18.2 Å². The first-order valence-electron chi connectivity index (χ1n) is 13.3. The van der Waals surface area contributed by atoms with Crippen LogP contribution in [0.15, 0.2) is 57.8 Å². The zero-order valence-corrected chi connectivity index (χ0v) is 20.4. The van der Waals surface area contributed by atoms with Crippen molar-refractivity contribution in [2.75, 3.05) is 19.6 Å². The fourth-order valence-electron chi connectivity index (χ4n) is 6.25. The Morgan fingerprint density at radius 2 is 1.83 bits per heavy atom. The van der Waals surface area contributed by atoms with Crippen molar-refractivity contribution < 1.29 is 8.83 Å². The predicted molar refractivity (Wildman–Crippen MR) is 139 cm³/mol. The van der Waals surface area contributed by atoms with E-state index >= 15 is 0 Å². The van der Waals surface area contributed by atoms with Crippen LogP contribution in [0, 0.1) is 5.92 Å². The van der Waals surface area contributed by atoms with E-state index < -0.39 is 0 Å². The zero-order valence-electron chi connectivity index (χ0n) is 20.4. The van der Waals surface area contributed by atoms with Gasteiger partial charge in [-0.05, 0) is 68.0 Å². The normalized spacial score (nSPS) is 19.9. The number of rotatable bonds is 5. The highest BCUT2D eigenvalue weighted by Gasteiger charge is 2.28. The third-order valence-electron chi connectivity index (χ3n) is 8.14. The van der Waals surface area contributed by atoms with Gasteiger partial charge < -0.3 is 13.7 Å². The first-order valence-corrected chi connectivity index (χ1v) is 13.3. The molecule has 1 saturated carbocycles. The van der Waals surface area contributed by atoms with Gasteiger partial charge in [-0.25, -0.2) is 0 Å². The van der Waals surface area contributed by atoms with Crippen LogP contribution >= 0.6 is 0 Å². The number of aromatic amines is 1. The summed E-state index contributed by atoms with van der Waals surface area (Å²) < 4.78 is 11.6. The molecular formula is C29H31N5O2. The maximum absolute atomic E-state index is 6.28. The molecule has 7 nitrogen and oxygen atoms in total. The molecule has 0 bridgehead atoms. The van der Waals surface area contributed by atoms with E-state index in [2.05, 4.69) is 43.5 Å². The van der Waals surface area contributed by atoms with Crippen LogP contribution in [-0.4, -0.2) is 44.9 Å². The number of piperidine rings is 1. The average molecular weight is 482 g/mol. The highest BCUT2D eigenvalue weighted by atomic mass is 16.4. The maximum Gasteiger partial charge on any atom is 0.247 e. The SMILES string of the molecule is c1cc2c(-c3n[nH]c4ccc(-c5nnc([C@@H]6CCCN(CC7CCCCC7)C6)o5)cc34)ccc-2co1. The first-order chi connectivity index (χ1) is 17.8. The third-order valence-corrected chi connectivity index (χ3v) is 8.14. The zero-order chi connectivity index (χ0) is 23.9. The second-order valence-electron chi connectivity index (χ2n) is 10.6. The fraction of sp³-hybridized carbons (Fsp3) is 0.414. The largest absolute Gasteiger partial charge is 0.472 e. The minimum absolute atomic E-state index is 0.318. The second-order valence-corrected chi connectivity index (χ2v) is 10.6. The van der Waals surface area contributed by atoms with Gasteiger partial charge in [-0.2, -0.15) is 5.10 Å². The van der Waals surface area contributed by atoms with E-state index in [1.54, 1.807) is 12.5 Å². The number of benzene rings is 1. The molecule has 1 saturated heterocycles. The van der Waals surface area contributed by atoms with E-state index in [0.717, 1.165) is 63.6 Å². The molecule has 7 heteroatoms. The Bertz CT molecular complexity index is 1440. The molecular weight excluding hydrogens is 450 g/mol. The number of hydrogen-bond donors (Lipinski definition) is 1. The number of H-pyrrole nitrogens is 1. The molecule has 2 aliphatic heterocycles. The lowest BCUT2D eigenvalue weighted by Gasteiger charge is -2.34. The van der Waals surface area contributed by atoms with E-state index in [9.17, 15) is 0 Å². The Labute approximate surface area is 210 Å². The number of nitrogens with one attached hydrogen (secondary N) is 1. The molecule has 0 amide bonds. The van der Waals surface area contributed by atoms with Crippen molar-refractivity contribution >= 4 is 10.9 Å². The smallest absolute Gasteiger partial charge is 0.247 e. The molecule has 36 heavy (non-hydrogen) atoms. The van der Waals surface area contributed by atoms with Gasteiger partial charge in [0, 0.05) is 35.2 Å². The summed E-state index contributed by atoms with van der Waals surface area (Å²) >= 11 is 0. The summed E-state index contributed by atoms with van der Waals surface area (Å²) in [6, 6.07) is 12.3. The van der Waals surface area contributed by atoms with Gasteiger partial charge in [-0.15, -0.1) is 10.2 Å². The van der Waals surface area contributed by atoms with Crippen LogP contribution in [0.2, 0.25) is 0 Å². The van der Waals surface area contributed by atoms with Crippen molar-refractivity contribution in [2.24, 2.45) is 5.92 Å². The molecule has 1 N–H and O–H groups in total. The highest BCUT2D eigenvalue weighted by molar-refractivity contribution is 5.99. The summed E-state index contributed by atoms with van der Waals surface area (Å²) in [4.78, 5) is 2.63. The lowest BCUT2D eigenvalue weighted by atomic mass is 9.88. The van der Waals surface area contributed by atoms with Gasteiger partial charge in [0.05, 0.1) is 24.0 Å². The average Bonchev–Trinajstić information content (AvgIpc) is 3.67. The molecule has 4 aliphatic rings. The minimum Gasteiger partial charge on any atom is -0.472 e. The van der Waals surface area contributed by atoms with Gasteiger partial charge in [0.15, 0.2) is 0 Å². The topological polar surface area (TPSA) is 84.0 Å². The molecule has 0 spiro atoms. The van der Waals surface area contributed by atoms with Crippen LogP contribution in [0.25, 0.3) is 44.7 Å². The Kier molecular flexibility index (Phi) is 5.58. The number of nitrogens with zero attached hydrogens (tertiary/aromatic N) is 4. The summed E-state index contributed by atoms with van der Waals surface area (Å²) in [5.41, 5.74) is 6.08. The Morgan fingerprint density at radius 1 is 0.917 bits per heavy atom. The Hall–Kier alpha value is -3.45. The van der Waals surface area contributed by atoms with Crippen LogP contribution < -0.4 is 0 Å². The number of hydrogen-bond acceptors (Lipinski definition) is 6. The first kappa shape index (κ1) is 21.8. The monoisotopic (exact) mass is 481 g/mol. The number of fused-ring (bicyclic) bond motifs is 2. The number of aromatic nitrogens is 4. The lowest BCUT2D eigenvalue weighted by molar-refractivity contribution is 0.152. The van der Waals surface area contributed by atoms with Crippen molar-refractivity contribution in [1.82, 2.24) is 25.3 Å². The quantitative estimate of drug-likeness (QED) is 0.299. The molecule has 2 aliphatic carbocycles. The molecule has 7 rings (SSSR count). The van der Waals surface area contributed by atoms with Crippen LogP contribution in [0.5, 0.6) is 0 Å². The van der Waals surface area contributed by atoms with Crippen LogP contribution in [-0.2, 0) is 0 Å². The second kappa shape index (κ2) is 9.21. The third kappa shape index (κ3) is 4.01. The van der Waals surface area contributed by atoms with Crippen molar-refractivity contribution in [2.45, 2.75) is 50.9 Å². The van der Waals surface area contributed by atoms with Gasteiger partial charge in [-0.1, -0.05) is 31.4 Å². The fourth-order valence-corrected chi connectivity index (χ4v) is 6.25. The molecule has 1 aromatic carbocycles. The van der Waals surface area contributed by atoms with Gasteiger partial charge in [0.1, 0.15) is 5.69 Å². The summed E-state index contributed by atoms with van der Waals surface area (Å²) in [5, 5.41) is 17.8. The molecule has 0 unspecified atom stereocenters. The minimum atomic E-state index is 0.318. The van der Waals surface area contributed by atoms with E-state index in [4.69, 9.17) is 8.83 Å². The van der Waals surface area contributed by atoms with Gasteiger partial charge in [-0.3, -0.25) is 5.10 Å². The Balaban J connectivity index is 1.13. The van der Waals surface area contributed by atoms with Crippen molar-refractivity contribution in [1.29, 1.82) is 0 Å². The maximum atomic E-state index is 6.28. The van der Waals surface area contributed by atoms with E-state index in [1.165, 1.54) is 51.6 Å². The van der Waals surface area contributed by atoms with E-state index in [0.29, 0.717) is 11.8 Å². The van der Waals surface area contributed by atoms with Crippen molar-refractivity contribution in [3.63, 3.8) is 0 Å². The van der Waals surface area contributed by atoms with Crippen molar-refractivity contribution in [3.8, 4) is 33.8 Å². The number of likely N-dealkylation sites (tertiary alicyclic amines) is 1. The molecule has 2 aromatic heterocycles. The molecule has 0 radical (unpaired) electrons. The molecule has 4 heterocycles. The van der Waals surface area contributed by atoms with Crippen LogP contribution in [0.4, 0.5) is 0 Å². The molecule has 184 valence electrons. The van der Waals surface area contributed by atoms with E-state index in [-0.39, 0.29) is 0 Å². The molecule has 2 fully saturated rings. The van der Waals surface area contributed by atoms with Gasteiger partial charge >= 0.3 is 0 Å². The summed E-state index contributed by atoms with van der Waals surface area (Å²) in [6.45, 7) is 3.44. The van der Waals surface area contributed by atoms with Crippen molar-refractivity contribution in [3.05, 3.63) is 54.8 Å². The van der Waals surface area contributed by atoms with Crippen LogP contribution in [0.3, 0.4) is 0 Å². The van der Waals surface area contributed by atoms with Gasteiger partial charge in [0.25, 0.3) is 0 Å².